The third-order valence-electron chi connectivity index (χ3n) is 0.701. The maximum absolute atomic E-state index is 10.4. The molecule has 0 amide bonds. The Hall–Kier alpha value is 0.0700. The Labute approximate surface area is 51.9 Å². The molecule has 8 heavy (non-hydrogen) atoms. The molecule has 0 aromatic heterocycles. The van der Waals surface area contributed by atoms with Crippen LogP contribution in [0.3, 0.4) is 0 Å². The second-order valence-corrected chi connectivity index (χ2v) is 2.67. The highest BCUT2D eigenvalue weighted by Gasteiger charge is 1.92. The van der Waals surface area contributed by atoms with Crippen molar-refractivity contribution in [2.75, 3.05) is 19.4 Å². The quantitative estimate of drug-likeness (QED) is 0.576. The number of rotatable bonds is 4. The van der Waals surface area contributed by atoms with Crippen LogP contribution in [0, 0.1) is 0 Å². The summed E-state index contributed by atoms with van der Waals surface area (Å²) in [6, 6.07) is 0. The summed E-state index contributed by atoms with van der Waals surface area (Å²) in [5, 5.41) is 0. The molecule has 0 spiro atoms. The third kappa shape index (κ3) is 4.23. The zero-order chi connectivity index (χ0) is 6.41. The molecule has 2 N–H and O–H groups in total. The van der Waals surface area contributed by atoms with Crippen molar-refractivity contribution in [1.29, 1.82) is 0 Å². The van der Waals surface area contributed by atoms with Crippen LogP contribution in [0.5, 0.6) is 0 Å². The van der Waals surface area contributed by atoms with Crippen molar-refractivity contribution < 1.29 is 8.39 Å². The van der Waals surface area contributed by atoms with Crippen LogP contribution in [0.15, 0.2) is 0 Å². The molecule has 0 radical (unpaired) electrons. The number of hydrogen-bond acceptors (Lipinski definition) is 3. The van der Waals surface area contributed by atoms with E-state index < -0.39 is 11.1 Å². The van der Waals surface area contributed by atoms with E-state index in [2.05, 4.69) is 4.18 Å². The van der Waals surface area contributed by atoms with Crippen molar-refractivity contribution in [3.05, 3.63) is 0 Å². The van der Waals surface area contributed by atoms with Crippen molar-refractivity contribution in [2.45, 2.75) is 6.42 Å². The fourth-order valence-corrected chi connectivity index (χ4v) is 0.854. The van der Waals surface area contributed by atoms with Crippen LogP contribution in [0.1, 0.15) is 6.42 Å². The van der Waals surface area contributed by atoms with E-state index in [9.17, 15) is 4.21 Å². The Morgan fingerprint density at radius 3 is 2.75 bits per heavy atom. The predicted octanol–water partition coefficient (Wildman–Crippen LogP) is -0.355. The van der Waals surface area contributed by atoms with Gasteiger partial charge in [-0.15, -0.1) is 0 Å². The van der Waals surface area contributed by atoms with Crippen molar-refractivity contribution in [1.82, 2.24) is 0 Å². The lowest BCUT2D eigenvalue weighted by Crippen LogP contribution is -2.06. The van der Waals surface area contributed by atoms with E-state index in [1.165, 1.54) is 7.11 Å². The van der Waals surface area contributed by atoms with Crippen LogP contribution in [-0.4, -0.2) is 23.6 Å². The van der Waals surface area contributed by atoms with Gasteiger partial charge in [0.15, 0.2) is 11.1 Å². The number of nitrogens with two attached hydrogens (primary N) is 1. The molecule has 50 valence electrons. The van der Waals surface area contributed by atoms with Crippen molar-refractivity contribution >= 4 is 11.1 Å². The van der Waals surface area contributed by atoms with Crippen LogP contribution in [0.25, 0.3) is 0 Å². The molecular formula is C4H11NO2S. The van der Waals surface area contributed by atoms with Gasteiger partial charge in [0.05, 0.1) is 12.9 Å². The fraction of sp³-hybridized carbons (Fsp3) is 1.00. The van der Waals surface area contributed by atoms with Gasteiger partial charge in [-0.2, -0.15) is 0 Å². The summed E-state index contributed by atoms with van der Waals surface area (Å²) in [4.78, 5) is 0. The largest absolute Gasteiger partial charge is 0.330 e. The van der Waals surface area contributed by atoms with Gasteiger partial charge in [0.1, 0.15) is 0 Å². The maximum atomic E-state index is 10.4. The van der Waals surface area contributed by atoms with Crippen molar-refractivity contribution in [3.8, 4) is 0 Å². The van der Waals surface area contributed by atoms with Crippen molar-refractivity contribution in [2.24, 2.45) is 5.73 Å². The van der Waals surface area contributed by atoms with Gasteiger partial charge < -0.3 is 5.73 Å². The summed E-state index contributed by atoms with van der Waals surface area (Å²) in [6.07, 6.45) is 0.764. The van der Waals surface area contributed by atoms with E-state index in [1.807, 2.05) is 0 Å². The minimum absolute atomic E-state index is 0.549. The van der Waals surface area contributed by atoms with Crippen LogP contribution in [0.2, 0.25) is 0 Å². The molecule has 0 aliphatic carbocycles. The lowest BCUT2D eigenvalue weighted by molar-refractivity contribution is 0.445. The summed E-state index contributed by atoms with van der Waals surface area (Å²) in [5.74, 6) is 0.549. The normalized spacial score (nSPS) is 13.8. The van der Waals surface area contributed by atoms with Crippen LogP contribution < -0.4 is 5.73 Å². The van der Waals surface area contributed by atoms with Gasteiger partial charge >= 0.3 is 0 Å². The lowest BCUT2D eigenvalue weighted by atomic mass is 10.5. The summed E-state index contributed by atoms with van der Waals surface area (Å²) >= 11 is -1.11. The van der Waals surface area contributed by atoms with Crippen molar-refractivity contribution in [3.63, 3.8) is 0 Å². The fourth-order valence-electron chi connectivity index (χ4n) is 0.285. The first-order valence-electron chi connectivity index (χ1n) is 2.44. The summed E-state index contributed by atoms with van der Waals surface area (Å²) in [7, 11) is 1.42. The van der Waals surface area contributed by atoms with Gasteiger partial charge in [-0.1, -0.05) is 0 Å². The smallest absolute Gasteiger partial charge is 0.155 e. The summed E-state index contributed by atoms with van der Waals surface area (Å²) < 4.78 is 14.9. The second-order valence-electron chi connectivity index (χ2n) is 1.32. The topological polar surface area (TPSA) is 52.3 Å². The van der Waals surface area contributed by atoms with E-state index in [0.717, 1.165) is 6.42 Å². The molecule has 0 saturated heterocycles. The molecule has 4 heteroatoms. The average molecular weight is 137 g/mol. The average Bonchev–Trinajstić information content (AvgIpc) is 1.83. The monoisotopic (exact) mass is 137 g/mol. The Kier molecular flexibility index (Phi) is 5.26. The van der Waals surface area contributed by atoms with Crippen LogP contribution >= 0.6 is 0 Å². The lowest BCUT2D eigenvalue weighted by Gasteiger charge is -1.93. The molecule has 0 aromatic carbocycles. The molecule has 3 nitrogen and oxygen atoms in total. The standard InChI is InChI=1S/C4H11NO2S/c1-7-8(6)4-2-3-5/h2-5H2,1H3. The molecule has 0 heterocycles. The summed E-state index contributed by atoms with van der Waals surface area (Å²) in [6.45, 7) is 0.578. The molecule has 0 rings (SSSR count). The Balaban J connectivity index is 2.99. The minimum atomic E-state index is -1.11. The van der Waals surface area contributed by atoms with Gasteiger partial charge in [0.2, 0.25) is 0 Å². The highest BCUT2D eigenvalue weighted by Crippen LogP contribution is 1.83. The Morgan fingerprint density at radius 1 is 1.75 bits per heavy atom. The van der Waals surface area contributed by atoms with Gasteiger partial charge in [-0.05, 0) is 13.0 Å². The first-order valence-corrected chi connectivity index (χ1v) is 3.68. The maximum Gasteiger partial charge on any atom is 0.155 e. The third-order valence-corrected chi connectivity index (χ3v) is 1.69. The Morgan fingerprint density at radius 2 is 2.38 bits per heavy atom. The number of hydrogen-bond donors (Lipinski definition) is 1. The van der Waals surface area contributed by atoms with E-state index in [1.54, 1.807) is 0 Å². The highest BCUT2D eigenvalue weighted by molar-refractivity contribution is 7.80. The van der Waals surface area contributed by atoms with E-state index in [4.69, 9.17) is 5.73 Å². The van der Waals surface area contributed by atoms with Gasteiger partial charge in [0, 0.05) is 0 Å². The van der Waals surface area contributed by atoms with E-state index in [-0.39, 0.29) is 0 Å². The Bertz CT molecular complexity index is 76.4. The second kappa shape index (κ2) is 5.21. The van der Waals surface area contributed by atoms with Crippen LogP contribution in [-0.2, 0) is 15.3 Å². The van der Waals surface area contributed by atoms with E-state index >= 15 is 0 Å². The molecule has 0 aliphatic rings. The molecule has 0 aromatic rings. The zero-order valence-corrected chi connectivity index (χ0v) is 5.74. The zero-order valence-electron chi connectivity index (χ0n) is 4.92. The molecule has 1 atom stereocenters. The molecular weight excluding hydrogens is 126 g/mol. The molecule has 1 unspecified atom stereocenters. The van der Waals surface area contributed by atoms with Gasteiger partial charge in [-0.25, -0.2) is 4.21 Å². The first kappa shape index (κ1) is 8.07. The molecule has 0 aliphatic heterocycles. The van der Waals surface area contributed by atoms with E-state index in [0.29, 0.717) is 12.3 Å². The molecule has 0 saturated carbocycles. The molecule has 0 fully saturated rings. The van der Waals surface area contributed by atoms with Gasteiger partial charge in [-0.3, -0.25) is 4.18 Å². The minimum Gasteiger partial charge on any atom is -0.330 e. The highest BCUT2D eigenvalue weighted by atomic mass is 32.2. The molecule has 0 bridgehead atoms. The first-order chi connectivity index (χ1) is 3.81. The predicted molar refractivity (Wildman–Crippen MR) is 33.7 cm³/mol. The SMILES string of the molecule is COS(=O)CCCN. The van der Waals surface area contributed by atoms with Gasteiger partial charge in [0.25, 0.3) is 0 Å². The van der Waals surface area contributed by atoms with Crippen LogP contribution in [0.4, 0.5) is 0 Å². The summed E-state index contributed by atoms with van der Waals surface area (Å²) in [5.41, 5.74) is 5.14.